The molecular formula is C16H19BN2O2. The largest absolute Gasteiger partial charge is 0.494 e. The minimum Gasteiger partial charge on any atom is -0.399 e. The van der Waals surface area contributed by atoms with Crippen LogP contribution in [-0.4, -0.2) is 28.3 Å². The van der Waals surface area contributed by atoms with Gasteiger partial charge in [-0.1, -0.05) is 6.07 Å². The van der Waals surface area contributed by atoms with Crippen LogP contribution in [0.2, 0.25) is 0 Å². The SMILES string of the molecule is CC1(C)OB(c2ccnc(-c3ccccn3)c2)OC1(C)C. The fraction of sp³-hybridized carbons (Fsp3) is 0.375. The zero-order chi connectivity index (χ0) is 15.1. The highest BCUT2D eigenvalue weighted by Gasteiger charge is 2.51. The Morgan fingerprint density at radius 3 is 2.14 bits per heavy atom. The summed E-state index contributed by atoms with van der Waals surface area (Å²) in [5.74, 6) is 0. The van der Waals surface area contributed by atoms with Crippen molar-refractivity contribution in [2.45, 2.75) is 38.9 Å². The summed E-state index contributed by atoms with van der Waals surface area (Å²) in [7, 11) is -0.375. The second-order valence-corrected chi connectivity index (χ2v) is 6.28. The average molecular weight is 282 g/mol. The van der Waals surface area contributed by atoms with Crippen molar-refractivity contribution in [1.29, 1.82) is 0 Å². The van der Waals surface area contributed by atoms with Crippen molar-refractivity contribution >= 4 is 12.6 Å². The first-order valence-electron chi connectivity index (χ1n) is 7.12. The van der Waals surface area contributed by atoms with E-state index in [1.54, 1.807) is 12.4 Å². The summed E-state index contributed by atoms with van der Waals surface area (Å²) >= 11 is 0. The van der Waals surface area contributed by atoms with E-state index >= 15 is 0 Å². The van der Waals surface area contributed by atoms with E-state index in [1.807, 2.05) is 58.0 Å². The Hall–Kier alpha value is -1.72. The number of aromatic nitrogens is 2. The van der Waals surface area contributed by atoms with Crippen molar-refractivity contribution in [3.05, 3.63) is 42.7 Å². The van der Waals surface area contributed by atoms with Crippen LogP contribution in [0.3, 0.4) is 0 Å². The van der Waals surface area contributed by atoms with Gasteiger partial charge >= 0.3 is 7.12 Å². The molecule has 4 nitrogen and oxygen atoms in total. The van der Waals surface area contributed by atoms with Crippen LogP contribution in [-0.2, 0) is 9.31 Å². The Kier molecular flexibility index (Phi) is 3.34. The third-order valence-electron chi connectivity index (χ3n) is 4.24. The van der Waals surface area contributed by atoms with Gasteiger partial charge in [0.25, 0.3) is 0 Å². The Balaban J connectivity index is 1.92. The second-order valence-electron chi connectivity index (χ2n) is 6.28. The van der Waals surface area contributed by atoms with Gasteiger partial charge in [-0.25, -0.2) is 0 Å². The maximum absolute atomic E-state index is 6.07. The molecule has 2 aromatic heterocycles. The molecule has 1 aliphatic rings. The van der Waals surface area contributed by atoms with Crippen molar-refractivity contribution in [2.75, 3.05) is 0 Å². The molecule has 1 aliphatic heterocycles. The molecule has 3 heterocycles. The predicted molar refractivity (Wildman–Crippen MR) is 83.2 cm³/mol. The van der Waals surface area contributed by atoms with E-state index in [1.165, 1.54) is 0 Å². The lowest BCUT2D eigenvalue weighted by atomic mass is 9.79. The van der Waals surface area contributed by atoms with E-state index in [-0.39, 0.29) is 18.3 Å². The Morgan fingerprint density at radius 1 is 0.857 bits per heavy atom. The second kappa shape index (κ2) is 4.93. The lowest BCUT2D eigenvalue weighted by molar-refractivity contribution is 0.00578. The first-order chi connectivity index (χ1) is 9.89. The Labute approximate surface area is 125 Å². The van der Waals surface area contributed by atoms with Crippen LogP contribution in [0.5, 0.6) is 0 Å². The Bertz CT molecular complexity index is 628. The first kappa shape index (κ1) is 14.2. The average Bonchev–Trinajstić information content (AvgIpc) is 2.69. The third kappa shape index (κ3) is 2.59. The molecular weight excluding hydrogens is 263 g/mol. The van der Waals surface area contributed by atoms with Gasteiger partial charge < -0.3 is 9.31 Å². The molecule has 0 bridgehead atoms. The molecule has 3 rings (SSSR count). The normalized spacial score (nSPS) is 19.7. The maximum Gasteiger partial charge on any atom is 0.494 e. The molecule has 1 saturated heterocycles. The number of pyridine rings is 2. The fourth-order valence-electron chi connectivity index (χ4n) is 2.23. The van der Waals surface area contributed by atoms with Crippen LogP contribution in [0.4, 0.5) is 0 Å². The van der Waals surface area contributed by atoms with Crippen LogP contribution in [0.15, 0.2) is 42.7 Å². The summed E-state index contributed by atoms with van der Waals surface area (Å²) in [4.78, 5) is 8.71. The molecule has 0 N–H and O–H groups in total. The minimum absolute atomic E-state index is 0.341. The van der Waals surface area contributed by atoms with Crippen molar-refractivity contribution in [2.24, 2.45) is 0 Å². The van der Waals surface area contributed by atoms with Gasteiger partial charge in [0.15, 0.2) is 0 Å². The van der Waals surface area contributed by atoms with Crippen molar-refractivity contribution in [3.63, 3.8) is 0 Å². The first-order valence-corrected chi connectivity index (χ1v) is 7.12. The van der Waals surface area contributed by atoms with Crippen LogP contribution in [0, 0.1) is 0 Å². The van der Waals surface area contributed by atoms with Gasteiger partial charge in [-0.2, -0.15) is 0 Å². The van der Waals surface area contributed by atoms with E-state index < -0.39 is 0 Å². The van der Waals surface area contributed by atoms with E-state index in [9.17, 15) is 0 Å². The van der Waals surface area contributed by atoms with E-state index in [2.05, 4.69) is 9.97 Å². The summed E-state index contributed by atoms with van der Waals surface area (Å²) in [6.45, 7) is 8.20. The Morgan fingerprint density at radius 2 is 1.52 bits per heavy atom. The zero-order valence-corrected chi connectivity index (χ0v) is 12.8. The van der Waals surface area contributed by atoms with Gasteiger partial charge in [-0.15, -0.1) is 0 Å². The number of nitrogens with zero attached hydrogens (tertiary/aromatic N) is 2. The quantitative estimate of drug-likeness (QED) is 0.794. The number of hydrogen-bond acceptors (Lipinski definition) is 4. The van der Waals surface area contributed by atoms with Crippen molar-refractivity contribution in [1.82, 2.24) is 9.97 Å². The van der Waals surface area contributed by atoms with Gasteiger partial charge in [-0.05, 0) is 57.4 Å². The third-order valence-corrected chi connectivity index (χ3v) is 4.24. The molecule has 0 aromatic carbocycles. The molecule has 2 aromatic rings. The van der Waals surface area contributed by atoms with E-state index in [0.29, 0.717) is 0 Å². The summed E-state index contributed by atoms with van der Waals surface area (Å²) in [5.41, 5.74) is 1.95. The van der Waals surface area contributed by atoms with Crippen LogP contribution in [0.25, 0.3) is 11.4 Å². The van der Waals surface area contributed by atoms with Gasteiger partial charge in [0, 0.05) is 12.4 Å². The molecule has 5 heteroatoms. The van der Waals surface area contributed by atoms with Crippen LogP contribution in [0.1, 0.15) is 27.7 Å². The van der Waals surface area contributed by atoms with Gasteiger partial charge in [0.05, 0.1) is 22.6 Å². The maximum atomic E-state index is 6.07. The van der Waals surface area contributed by atoms with Gasteiger partial charge in [0.1, 0.15) is 0 Å². The monoisotopic (exact) mass is 282 g/mol. The molecule has 0 aliphatic carbocycles. The van der Waals surface area contributed by atoms with Crippen molar-refractivity contribution in [3.8, 4) is 11.4 Å². The lowest BCUT2D eigenvalue weighted by Gasteiger charge is -2.32. The molecule has 0 unspecified atom stereocenters. The summed E-state index contributed by atoms with van der Waals surface area (Å²) < 4.78 is 12.1. The zero-order valence-electron chi connectivity index (χ0n) is 12.8. The van der Waals surface area contributed by atoms with Crippen LogP contribution >= 0.6 is 0 Å². The summed E-state index contributed by atoms with van der Waals surface area (Å²) in [5, 5.41) is 0. The molecule has 0 radical (unpaired) electrons. The van der Waals surface area contributed by atoms with Gasteiger partial charge in [-0.3, -0.25) is 9.97 Å². The van der Waals surface area contributed by atoms with E-state index in [0.717, 1.165) is 16.9 Å². The fourth-order valence-corrected chi connectivity index (χ4v) is 2.23. The molecule has 0 spiro atoms. The molecule has 21 heavy (non-hydrogen) atoms. The minimum atomic E-state index is -0.375. The standard InChI is InChI=1S/C16H19BN2O2/c1-15(2)16(3,4)21-17(20-15)12-8-10-19-14(11-12)13-7-5-6-9-18-13/h5-11H,1-4H3. The smallest absolute Gasteiger partial charge is 0.399 e. The lowest BCUT2D eigenvalue weighted by Crippen LogP contribution is -2.41. The predicted octanol–water partition coefficient (Wildman–Crippen LogP) is 2.44. The molecule has 1 fully saturated rings. The molecule has 108 valence electrons. The molecule has 0 atom stereocenters. The van der Waals surface area contributed by atoms with E-state index in [4.69, 9.17) is 9.31 Å². The molecule has 0 saturated carbocycles. The van der Waals surface area contributed by atoms with Crippen molar-refractivity contribution < 1.29 is 9.31 Å². The summed E-state index contributed by atoms with van der Waals surface area (Å²) in [6, 6.07) is 9.68. The summed E-state index contributed by atoms with van der Waals surface area (Å²) in [6.07, 6.45) is 3.53. The highest BCUT2D eigenvalue weighted by Crippen LogP contribution is 2.36. The number of hydrogen-bond donors (Lipinski definition) is 0. The van der Waals surface area contributed by atoms with Gasteiger partial charge in [0.2, 0.25) is 0 Å². The highest BCUT2D eigenvalue weighted by atomic mass is 16.7. The number of rotatable bonds is 2. The molecule has 0 amide bonds. The van der Waals surface area contributed by atoms with Crippen LogP contribution < -0.4 is 5.46 Å². The topological polar surface area (TPSA) is 44.2 Å². The highest BCUT2D eigenvalue weighted by molar-refractivity contribution is 6.62.